The third kappa shape index (κ3) is 4.68. The summed E-state index contributed by atoms with van der Waals surface area (Å²) in [4.78, 5) is 29.4. The largest absolute Gasteiger partial charge is 0.496 e. The maximum atomic E-state index is 13.3. The fourth-order valence-corrected chi connectivity index (χ4v) is 3.23. The standard InChI is InChI=1S/C23H18F3N5O3/c1-13-3-5-16(29-21(32)14-4-6-19(34-2)17(9-14)23(24,25)26)10-18(13)30-22(33)15-11-27-20-7-8-28-31(20)12-15/h3-12H,1-2H3,(H,29,32)(H,30,33). The van der Waals surface area contributed by atoms with Gasteiger partial charge in [-0.25, -0.2) is 9.50 Å². The summed E-state index contributed by atoms with van der Waals surface area (Å²) in [6, 6.07) is 9.49. The van der Waals surface area contributed by atoms with Crippen molar-refractivity contribution < 1.29 is 27.5 Å². The fourth-order valence-electron chi connectivity index (χ4n) is 3.23. The van der Waals surface area contributed by atoms with Gasteiger partial charge in [-0.1, -0.05) is 6.07 Å². The lowest BCUT2D eigenvalue weighted by molar-refractivity contribution is -0.138. The Labute approximate surface area is 191 Å². The smallest absolute Gasteiger partial charge is 0.419 e. The number of methoxy groups -OCH3 is 1. The molecular formula is C23H18F3N5O3. The summed E-state index contributed by atoms with van der Waals surface area (Å²) in [5.41, 5.74) is 1.01. The summed E-state index contributed by atoms with van der Waals surface area (Å²) in [5.74, 6) is -1.57. The van der Waals surface area contributed by atoms with Gasteiger partial charge in [0.2, 0.25) is 0 Å². The van der Waals surface area contributed by atoms with Gasteiger partial charge in [0.1, 0.15) is 5.75 Å². The molecule has 0 saturated heterocycles. The van der Waals surface area contributed by atoms with Crippen molar-refractivity contribution in [1.82, 2.24) is 14.6 Å². The number of fused-ring (bicyclic) bond motifs is 1. The Bertz CT molecular complexity index is 1400. The molecule has 174 valence electrons. The van der Waals surface area contributed by atoms with Crippen LogP contribution >= 0.6 is 0 Å². The molecule has 0 radical (unpaired) electrons. The number of halogens is 3. The van der Waals surface area contributed by atoms with Gasteiger partial charge in [0.05, 0.1) is 24.4 Å². The lowest BCUT2D eigenvalue weighted by atomic mass is 10.1. The first-order chi connectivity index (χ1) is 16.2. The van der Waals surface area contributed by atoms with E-state index in [9.17, 15) is 22.8 Å². The number of alkyl halides is 3. The summed E-state index contributed by atoms with van der Waals surface area (Å²) in [6.07, 6.45) is -0.187. The molecule has 0 spiro atoms. The predicted molar refractivity (Wildman–Crippen MR) is 118 cm³/mol. The first kappa shape index (κ1) is 22.8. The van der Waals surface area contributed by atoms with Gasteiger partial charge < -0.3 is 15.4 Å². The summed E-state index contributed by atoms with van der Waals surface area (Å²) < 4.78 is 46.0. The number of nitrogens with zero attached hydrogens (tertiary/aromatic N) is 3. The Balaban J connectivity index is 1.54. The Hall–Kier alpha value is -4.41. The number of nitrogens with one attached hydrogen (secondary N) is 2. The topological polar surface area (TPSA) is 97.6 Å². The van der Waals surface area contributed by atoms with E-state index in [4.69, 9.17) is 4.74 Å². The molecule has 34 heavy (non-hydrogen) atoms. The van der Waals surface area contributed by atoms with Crippen LogP contribution in [0.3, 0.4) is 0 Å². The van der Waals surface area contributed by atoms with Crippen LogP contribution in [-0.2, 0) is 6.18 Å². The Kier molecular flexibility index (Phi) is 5.93. The number of ether oxygens (including phenoxy) is 1. The minimum Gasteiger partial charge on any atom is -0.496 e. The average Bonchev–Trinajstić information content (AvgIpc) is 3.28. The maximum absolute atomic E-state index is 13.3. The Morgan fingerprint density at radius 2 is 1.76 bits per heavy atom. The van der Waals surface area contributed by atoms with E-state index in [1.807, 2.05) is 0 Å². The van der Waals surface area contributed by atoms with Crippen LogP contribution in [0.4, 0.5) is 24.5 Å². The van der Waals surface area contributed by atoms with Crippen LogP contribution in [0.15, 0.2) is 61.1 Å². The van der Waals surface area contributed by atoms with Gasteiger partial charge in [0, 0.05) is 35.4 Å². The third-order valence-corrected chi connectivity index (χ3v) is 5.02. The summed E-state index contributed by atoms with van der Waals surface area (Å²) in [5, 5.41) is 9.34. The van der Waals surface area contributed by atoms with E-state index >= 15 is 0 Å². The molecule has 0 bridgehead atoms. The number of rotatable bonds is 5. The van der Waals surface area contributed by atoms with Crippen LogP contribution in [0.2, 0.25) is 0 Å². The molecule has 2 N–H and O–H groups in total. The van der Waals surface area contributed by atoms with Crippen molar-refractivity contribution in [3.05, 3.63) is 83.3 Å². The lowest BCUT2D eigenvalue weighted by Crippen LogP contribution is -2.16. The summed E-state index contributed by atoms with van der Waals surface area (Å²) in [6.45, 7) is 1.76. The number of aromatic nitrogens is 3. The molecule has 4 aromatic rings. The molecule has 11 heteroatoms. The van der Waals surface area contributed by atoms with Gasteiger partial charge in [0.25, 0.3) is 11.8 Å². The summed E-state index contributed by atoms with van der Waals surface area (Å²) in [7, 11) is 1.12. The van der Waals surface area contributed by atoms with E-state index in [2.05, 4.69) is 20.7 Å². The van der Waals surface area contributed by atoms with Crippen LogP contribution in [0.5, 0.6) is 5.75 Å². The molecule has 8 nitrogen and oxygen atoms in total. The normalized spacial score (nSPS) is 11.3. The molecule has 0 unspecified atom stereocenters. The van der Waals surface area contributed by atoms with Crippen LogP contribution in [-0.4, -0.2) is 33.5 Å². The molecule has 2 amide bonds. The zero-order valence-corrected chi connectivity index (χ0v) is 18.0. The highest BCUT2D eigenvalue weighted by Crippen LogP contribution is 2.36. The molecule has 0 aliphatic carbocycles. The second-order valence-electron chi connectivity index (χ2n) is 7.33. The number of anilines is 2. The van der Waals surface area contributed by atoms with Gasteiger partial charge in [-0.15, -0.1) is 0 Å². The molecule has 4 rings (SSSR count). The first-order valence-corrected chi connectivity index (χ1v) is 9.93. The van der Waals surface area contributed by atoms with E-state index in [1.54, 1.807) is 31.3 Å². The molecule has 0 aliphatic heterocycles. The monoisotopic (exact) mass is 469 g/mol. The SMILES string of the molecule is COc1ccc(C(=O)Nc2ccc(C)c(NC(=O)c3cnc4ccnn4c3)c2)cc1C(F)(F)F. The van der Waals surface area contributed by atoms with Crippen molar-refractivity contribution in [2.45, 2.75) is 13.1 Å². The van der Waals surface area contributed by atoms with Gasteiger partial charge in [-0.05, 0) is 42.8 Å². The zero-order chi connectivity index (χ0) is 24.5. The second kappa shape index (κ2) is 8.85. The third-order valence-electron chi connectivity index (χ3n) is 5.02. The van der Waals surface area contributed by atoms with Crippen molar-refractivity contribution in [2.24, 2.45) is 0 Å². The van der Waals surface area contributed by atoms with Crippen LogP contribution in [0, 0.1) is 6.92 Å². The van der Waals surface area contributed by atoms with E-state index in [0.717, 1.165) is 19.2 Å². The van der Waals surface area contributed by atoms with Gasteiger partial charge in [-0.3, -0.25) is 9.59 Å². The fraction of sp³-hybridized carbons (Fsp3) is 0.130. The molecule has 2 aromatic heterocycles. The van der Waals surface area contributed by atoms with Crippen LogP contribution in [0.1, 0.15) is 31.8 Å². The predicted octanol–water partition coefficient (Wildman–Crippen LogP) is 4.57. The highest BCUT2D eigenvalue weighted by molar-refractivity contribution is 6.06. The van der Waals surface area contributed by atoms with Gasteiger partial charge in [-0.2, -0.15) is 18.3 Å². The Morgan fingerprint density at radius 3 is 2.50 bits per heavy atom. The number of carbonyl (C=O) groups is 2. The number of amides is 2. The van der Waals surface area contributed by atoms with E-state index in [0.29, 0.717) is 16.9 Å². The maximum Gasteiger partial charge on any atom is 0.419 e. The van der Waals surface area contributed by atoms with Crippen LogP contribution < -0.4 is 15.4 Å². The van der Waals surface area contributed by atoms with Crippen molar-refractivity contribution in [1.29, 1.82) is 0 Å². The second-order valence-corrected chi connectivity index (χ2v) is 7.33. The summed E-state index contributed by atoms with van der Waals surface area (Å²) >= 11 is 0. The number of hydrogen-bond acceptors (Lipinski definition) is 5. The number of aryl methyl sites for hydroxylation is 1. The Morgan fingerprint density at radius 1 is 1.00 bits per heavy atom. The van der Waals surface area contributed by atoms with E-state index in [-0.39, 0.29) is 22.6 Å². The quantitative estimate of drug-likeness (QED) is 0.446. The molecule has 0 saturated carbocycles. The van der Waals surface area contributed by atoms with Crippen molar-refractivity contribution in [3.63, 3.8) is 0 Å². The number of carbonyl (C=O) groups excluding carboxylic acids is 2. The molecular weight excluding hydrogens is 451 g/mol. The van der Waals surface area contributed by atoms with E-state index < -0.39 is 23.6 Å². The van der Waals surface area contributed by atoms with Crippen molar-refractivity contribution in [3.8, 4) is 5.75 Å². The highest BCUT2D eigenvalue weighted by Gasteiger charge is 2.35. The first-order valence-electron chi connectivity index (χ1n) is 9.93. The molecule has 2 heterocycles. The molecule has 0 aliphatic rings. The van der Waals surface area contributed by atoms with Crippen molar-refractivity contribution in [2.75, 3.05) is 17.7 Å². The molecule has 0 fully saturated rings. The highest BCUT2D eigenvalue weighted by atomic mass is 19.4. The lowest BCUT2D eigenvalue weighted by Gasteiger charge is -2.14. The number of benzene rings is 2. The zero-order valence-electron chi connectivity index (χ0n) is 18.0. The number of hydrogen-bond donors (Lipinski definition) is 2. The minimum absolute atomic E-state index is 0.196. The van der Waals surface area contributed by atoms with Crippen LogP contribution in [0.25, 0.3) is 5.65 Å². The van der Waals surface area contributed by atoms with Gasteiger partial charge >= 0.3 is 6.18 Å². The van der Waals surface area contributed by atoms with E-state index in [1.165, 1.54) is 29.0 Å². The minimum atomic E-state index is -4.68. The van der Waals surface area contributed by atoms with Crippen molar-refractivity contribution >= 4 is 28.8 Å². The molecule has 0 atom stereocenters. The van der Waals surface area contributed by atoms with Gasteiger partial charge in [0.15, 0.2) is 5.65 Å². The average molecular weight is 469 g/mol. The molecule has 2 aromatic carbocycles.